The maximum absolute atomic E-state index is 12.4. The summed E-state index contributed by atoms with van der Waals surface area (Å²) in [6.45, 7) is 4.49. The first-order valence-electron chi connectivity index (χ1n) is 9.55. The van der Waals surface area contributed by atoms with E-state index >= 15 is 0 Å². The zero-order valence-corrected chi connectivity index (χ0v) is 17.6. The fraction of sp³-hybridized carbons (Fsp3) is 0.174. The first-order chi connectivity index (χ1) is 14.4. The molecule has 0 bridgehead atoms. The minimum Gasteiger partial charge on any atom is -0.467 e. The Bertz CT molecular complexity index is 1030. The Morgan fingerprint density at radius 2 is 1.73 bits per heavy atom. The zero-order chi connectivity index (χ0) is 21.5. The van der Waals surface area contributed by atoms with Crippen molar-refractivity contribution in [2.45, 2.75) is 26.3 Å². The van der Waals surface area contributed by atoms with Crippen LogP contribution in [0.5, 0.6) is 0 Å². The molecule has 0 aliphatic carbocycles. The largest absolute Gasteiger partial charge is 0.467 e. The maximum Gasteiger partial charge on any atom is 0.257 e. The van der Waals surface area contributed by atoms with Gasteiger partial charge in [-0.2, -0.15) is 0 Å². The van der Waals surface area contributed by atoms with Crippen LogP contribution in [0.3, 0.4) is 0 Å². The van der Waals surface area contributed by atoms with Gasteiger partial charge < -0.3 is 15.1 Å². The van der Waals surface area contributed by atoms with E-state index in [-0.39, 0.29) is 16.9 Å². The Hall–Kier alpha value is -3.45. The molecule has 0 unspecified atom stereocenters. The van der Waals surface area contributed by atoms with Crippen molar-refractivity contribution >= 4 is 34.8 Å². The van der Waals surface area contributed by atoms with Crippen molar-refractivity contribution in [3.8, 4) is 0 Å². The van der Waals surface area contributed by atoms with Crippen LogP contribution in [0.2, 0.25) is 0 Å². The van der Waals surface area contributed by atoms with E-state index in [2.05, 4.69) is 29.8 Å². The number of hydrogen-bond acceptors (Lipinski definition) is 4. The Morgan fingerprint density at radius 1 is 0.967 bits per heavy atom. The molecule has 7 heteroatoms. The lowest BCUT2D eigenvalue weighted by molar-refractivity contribution is 0.0946. The first-order valence-corrected chi connectivity index (χ1v) is 9.96. The van der Waals surface area contributed by atoms with Crippen LogP contribution in [-0.2, 0) is 6.54 Å². The van der Waals surface area contributed by atoms with E-state index in [4.69, 9.17) is 16.6 Å². The normalized spacial score (nSPS) is 10.5. The summed E-state index contributed by atoms with van der Waals surface area (Å²) in [6, 6.07) is 17.8. The van der Waals surface area contributed by atoms with E-state index in [0.717, 1.165) is 5.56 Å². The lowest BCUT2D eigenvalue weighted by atomic mass is 10.0. The third-order valence-electron chi connectivity index (χ3n) is 4.45. The van der Waals surface area contributed by atoms with Crippen LogP contribution in [-0.4, -0.2) is 16.9 Å². The standard InChI is InChI=1S/C23H23N3O3S/c1-15(2)16-8-10-17(11-9-16)22(28)26-23(30)25-19-6-3-5-18(13-19)21(27)24-14-20-7-4-12-29-20/h3-13,15H,14H2,1-2H3,(H,24,27)(H2,25,26,28,30). The van der Waals surface area contributed by atoms with Crippen molar-refractivity contribution in [2.24, 2.45) is 0 Å². The van der Waals surface area contributed by atoms with Gasteiger partial charge >= 0.3 is 0 Å². The van der Waals surface area contributed by atoms with Crippen molar-refractivity contribution in [3.05, 3.63) is 89.4 Å². The SMILES string of the molecule is CC(C)c1ccc(C(=O)NC(=S)Nc2cccc(C(=O)NCc3ccco3)c2)cc1. The molecule has 0 saturated carbocycles. The molecule has 2 aromatic carbocycles. The second kappa shape index (κ2) is 9.84. The summed E-state index contributed by atoms with van der Waals surface area (Å²) in [5.41, 5.74) is 2.75. The second-order valence-corrected chi connectivity index (χ2v) is 7.44. The molecule has 1 aromatic heterocycles. The Balaban J connectivity index is 1.56. The van der Waals surface area contributed by atoms with Crippen LogP contribution < -0.4 is 16.0 Å². The number of thiocarbonyl (C=S) groups is 1. The fourth-order valence-electron chi connectivity index (χ4n) is 2.78. The highest BCUT2D eigenvalue weighted by Crippen LogP contribution is 2.15. The van der Waals surface area contributed by atoms with Gasteiger partial charge in [0, 0.05) is 16.8 Å². The summed E-state index contributed by atoms with van der Waals surface area (Å²) in [5, 5.41) is 8.53. The molecule has 1 heterocycles. The quantitative estimate of drug-likeness (QED) is 0.512. The molecule has 3 N–H and O–H groups in total. The summed E-state index contributed by atoms with van der Waals surface area (Å²) in [7, 11) is 0. The topological polar surface area (TPSA) is 83.4 Å². The highest BCUT2D eigenvalue weighted by Gasteiger charge is 2.11. The molecule has 2 amide bonds. The van der Waals surface area contributed by atoms with Gasteiger partial charge in [0.25, 0.3) is 11.8 Å². The molecular formula is C23H23N3O3S. The van der Waals surface area contributed by atoms with Gasteiger partial charge in [-0.3, -0.25) is 14.9 Å². The molecule has 0 spiro atoms. The molecule has 0 fully saturated rings. The molecule has 0 radical (unpaired) electrons. The third-order valence-corrected chi connectivity index (χ3v) is 4.66. The minimum atomic E-state index is -0.296. The van der Waals surface area contributed by atoms with Gasteiger partial charge in [-0.1, -0.05) is 32.0 Å². The van der Waals surface area contributed by atoms with E-state index in [9.17, 15) is 9.59 Å². The molecular weight excluding hydrogens is 398 g/mol. The monoisotopic (exact) mass is 421 g/mol. The molecule has 0 aliphatic rings. The number of benzene rings is 2. The average Bonchev–Trinajstić information content (AvgIpc) is 3.25. The van der Waals surface area contributed by atoms with Crippen LogP contribution in [0.15, 0.2) is 71.3 Å². The average molecular weight is 422 g/mol. The van der Waals surface area contributed by atoms with Crippen LogP contribution in [0, 0.1) is 0 Å². The molecule has 154 valence electrons. The summed E-state index contributed by atoms with van der Waals surface area (Å²) >= 11 is 5.24. The fourth-order valence-corrected chi connectivity index (χ4v) is 2.99. The van der Waals surface area contributed by atoms with Gasteiger partial charge in [0.1, 0.15) is 5.76 Å². The Morgan fingerprint density at radius 3 is 2.40 bits per heavy atom. The second-order valence-electron chi connectivity index (χ2n) is 7.03. The number of amides is 2. The van der Waals surface area contributed by atoms with E-state index in [0.29, 0.717) is 35.0 Å². The number of anilines is 1. The lowest BCUT2D eigenvalue weighted by Crippen LogP contribution is -2.34. The van der Waals surface area contributed by atoms with Gasteiger partial charge in [-0.15, -0.1) is 0 Å². The molecule has 6 nitrogen and oxygen atoms in total. The van der Waals surface area contributed by atoms with Crippen LogP contribution in [0.4, 0.5) is 5.69 Å². The molecule has 0 saturated heterocycles. The number of carbonyl (C=O) groups is 2. The van der Waals surface area contributed by atoms with Crippen LogP contribution >= 0.6 is 12.2 Å². The van der Waals surface area contributed by atoms with Crippen molar-refractivity contribution in [1.82, 2.24) is 10.6 Å². The van der Waals surface area contributed by atoms with Gasteiger partial charge in [-0.05, 0) is 66.2 Å². The lowest BCUT2D eigenvalue weighted by Gasteiger charge is -2.11. The van der Waals surface area contributed by atoms with Gasteiger partial charge in [0.2, 0.25) is 0 Å². The van der Waals surface area contributed by atoms with Crippen LogP contribution in [0.25, 0.3) is 0 Å². The zero-order valence-electron chi connectivity index (χ0n) is 16.8. The van der Waals surface area contributed by atoms with Gasteiger partial charge in [-0.25, -0.2) is 0 Å². The van der Waals surface area contributed by atoms with E-state index in [1.54, 1.807) is 54.8 Å². The maximum atomic E-state index is 12.4. The molecule has 3 rings (SSSR count). The Labute approximate surface area is 180 Å². The molecule has 3 aromatic rings. The molecule has 30 heavy (non-hydrogen) atoms. The van der Waals surface area contributed by atoms with Crippen molar-refractivity contribution in [2.75, 3.05) is 5.32 Å². The van der Waals surface area contributed by atoms with Crippen molar-refractivity contribution in [1.29, 1.82) is 0 Å². The van der Waals surface area contributed by atoms with Crippen LogP contribution in [0.1, 0.15) is 51.8 Å². The minimum absolute atomic E-state index is 0.154. The number of furan rings is 1. The summed E-state index contributed by atoms with van der Waals surface area (Å²) in [6.07, 6.45) is 1.56. The number of rotatable bonds is 6. The summed E-state index contributed by atoms with van der Waals surface area (Å²) < 4.78 is 5.20. The van der Waals surface area contributed by atoms with Crippen molar-refractivity contribution in [3.63, 3.8) is 0 Å². The summed E-state index contributed by atoms with van der Waals surface area (Å²) in [4.78, 5) is 24.7. The summed E-state index contributed by atoms with van der Waals surface area (Å²) in [5.74, 6) is 0.529. The first kappa shape index (κ1) is 21.3. The third kappa shape index (κ3) is 5.78. The smallest absolute Gasteiger partial charge is 0.257 e. The molecule has 0 aliphatic heterocycles. The highest BCUT2D eigenvalue weighted by atomic mass is 32.1. The van der Waals surface area contributed by atoms with Gasteiger partial charge in [0.05, 0.1) is 12.8 Å². The van der Waals surface area contributed by atoms with Gasteiger partial charge in [0.15, 0.2) is 5.11 Å². The molecule has 0 atom stereocenters. The predicted octanol–water partition coefficient (Wildman–Crippen LogP) is 4.46. The van der Waals surface area contributed by atoms with E-state index in [1.807, 2.05) is 12.1 Å². The van der Waals surface area contributed by atoms with E-state index in [1.165, 1.54) is 0 Å². The van der Waals surface area contributed by atoms with E-state index < -0.39 is 0 Å². The van der Waals surface area contributed by atoms with Crippen molar-refractivity contribution < 1.29 is 14.0 Å². The number of hydrogen-bond donors (Lipinski definition) is 3. The highest BCUT2D eigenvalue weighted by molar-refractivity contribution is 7.80. The number of carbonyl (C=O) groups excluding carboxylic acids is 2. The predicted molar refractivity (Wildman–Crippen MR) is 121 cm³/mol. The number of nitrogens with one attached hydrogen (secondary N) is 3. The Kier molecular flexibility index (Phi) is 6.98.